The predicted octanol–water partition coefficient (Wildman–Crippen LogP) is 0.707. The first kappa shape index (κ1) is 15.8. The maximum Gasteiger partial charge on any atom is 0.220 e. The highest BCUT2D eigenvalue weighted by molar-refractivity contribution is 7.90. The van der Waals surface area contributed by atoms with Gasteiger partial charge in [0.05, 0.1) is 5.75 Å². The summed E-state index contributed by atoms with van der Waals surface area (Å²) in [7, 11) is -2.95. The summed E-state index contributed by atoms with van der Waals surface area (Å²) in [5.41, 5.74) is -0.169. The van der Waals surface area contributed by atoms with Crippen LogP contribution in [-0.4, -0.2) is 46.0 Å². The van der Waals surface area contributed by atoms with E-state index in [-0.39, 0.29) is 17.1 Å². The second kappa shape index (κ2) is 6.43. The first-order valence-corrected chi connectivity index (χ1v) is 9.60. The lowest BCUT2D eigenvalue weighted by molar-refractivity contribution is -0.121. The smallest absolute Gasteiger partial charge is 0.220 e. The minimum Gasteiger partial charge on any atom is -0.356 e. The van der Waals surface area contributed by atoms with Crippen molar-refractivity contribution in [3.63, 3.8) is 0 Å². The molecule has 5 nitrogen and oxygen atoms in total. The third-order valence-electron chi connectivity index (χ3n) is 4.42. The molecule has 0 aromatic rings. The average molecular weight is 302 g/mol. The van der Waals surface area contributed by atoms with Gasteiger partial charge >= 0.3 is 0 Å². The van der Waals surface area contributed by atoms with Gasteiger partial charge in [0.15, 0.2) is 0 Å². The quantitative estimate of drug-likeness (QED) is 0.726. The summed E-state index contributed by atoms with van der Waals surface area (Å²) in [5.74, 6) is 0.936. The highest BCUT2D eigenvalue weighted by atomic mass is 32.2. The molecule has 0 aromatic carbocycles. The van der Waals surface area contributed by atoms with Crippen LogP contribution >= 0.6 is 0 Å². The first-order valence-electron chi connectivity index (χ1n) is 7.54. The van der Waals surface area contributed by atoms with E-state index in [9.17, 15) is 13.2 Å². The van der Waals surface area contributed by atoms with Crippen LogP contribution in [0, 0.1) is 11.3 Å². The van der Waals surface area contributed by atoms with Crippen LogP contribution in [0.4, 0.5) is 0 Å². The van der Waals surface area contributed by atoms with Crippen molar-refractivity contribution in [2.24, 2.45) is 11.3 Å². The van der Waals surface area contributed by atoms with Gasteiger partial charge in [-0.1, -0.05) is 0 Å². The lowest BCUT2D eigenvalue weighted by Crippen LogP contribution is -2.34. The fourth-order valence-electron chi connectivity index (χ4n) is 2.99. The van der Waals surface area contributed by atoms with Crippen LogP contribution in [0.5, 0.6) is 0 Å². The summed E-state index contributed by atoms with van der Waals surface area (Å²) < 4.78 is 22.7. The number of rotatable bonds is 7. The van der Waals surface area contributed by atoms with Crippen molar-refractivity contribution in [3.05, 3.63) is 0 Å². The van der Waals surface area contributed by atoms with Gasteiger partial charge in [-0.15, -0.1) is 0 Å². The van der Waals surface area contributed by atoms with Crippen molar-refractivity contribution in [2.75, 3.05) is 31.6 Å². The van der Waals surface area contributed by atoms with Crippen molar-refractivity contribution >= 4 is 15.7 Å². The molecule has 2 N–H and O–H groups in total. The molecule has 2 rings (SSSR count). The fourth-order valence-corrected chi connectivity index (χ4v) is 4.49. The molecule has 0 spiro atoms. The van der Waals surface area contributed by atoms with Crippen molar-refractivity contribution in [3.8, 4) is 0 Å². The molecule has 1 saturated heterocycles. The molecule has 0 bridgehead atoms. The third-order valence-corrected chi connectivity index (χ3v) is 5.56. The second-order valence-corrected chi connectivity index (χ2v) is 8.72. The zero-order chi connectivity index (χ0) is 14.6. The van der Waals surface area contributed by atoms with E-state index in [1.165, 1.54) is 6.26 Å². The molecule has 0 aromatic heterocycles. The molecule has 1 heterocycles. The molecular formula is C14H26N2O3S. The number of amides is 1. The van der Waals surface area contributed by atoms with Crippen molar-refractivity contribution < 1.29 is 13.2 Å². The number of sulfone groups is 1. The van der Waals surface area contributed by atoms with Gasteiger partial charge in [0.1, 0.15) is 9.84 Å². The molecule has 0 radical (unpaired) electrons. The van der Waals surface area contributed by atoms with E-state index in [0.29, 0.717) is 18.9 Å². The number of nitrogens with one attached hydrogen (secondary N) is 2. The molecule has 20 heavy (non-hydrogen) atoms. The summed E-state index contributed by atoms with van der Waals surface area (Å²) in [6.45, 7) is 2.64. The van der Waals surface area contributed by atoms with Crippen LogP contribution < -0.4 is 10.6 Å². The van der Waals surface area contributed by atoms with Gasteiger partial charge in [0.25, 0.3) is 0 Å². The molecule has 0 unspecified atom stereocenters. The lowest BCUT2D eigenvalue weighted by atomic mass is 9.93. The maximum atomic E-state index is 11.8. The summed E-state index contributed by atoms with van der Waals surface area (Å²) >= 11 is 0. The Hall–Kier alpha value is -0.620. The molecule has 1 aliphatic heterocycles. The van der Waals surface area contributed by atoms with Gasteiger partial charge in [-0.2, -0.15) is 0 Å². The fraction of sp³-hybridized carbons (Fsp3) is 0.929. The number of carbonyl (C=O) groups excluding carboxylic acids is 1. The predicted molar refractivity (Wildman–Crippen MR) is 79.2 cm³/mol. The summed E-state index contributed by atoms with van der Waals surface area (Å²) in [6, 6.07) is 0. The Morgan fingerprint density at radius 2 is 1.95 bits per heavy atom. The Balaban J connectivity index is 1.65. The monoisotopic (exact) mass is 302 g/mol. The van der Waals surface area contributed by atoms with E-state index in [4.69, 9.17) is 0 Å². The Morgan fingerprint density at radius 3 is 2.50 bits per heavy atom. The van der Waals surface area contributed by atoms with Gasteiger partial charge in [-0.25, -0.2) is 8.42 Å². The SMILES string of the molecule is CS(=O)(=O)CC1(CNC(=O)CCC2CCNCC2)CC1. The van der Waals surface area contributed by atoms with Crippen LogP contribution in [0.15, 0.2) is 0 Å². The Kier molecular flexibility index (Phi) is 5.07. The molecule has 2 aliphatic rings. The van der Waals surface area contributed by atoms with Crippen molar-refractivity contribution in [1.82, 2.24) is 10.6 Å². The molecule has 1 aliphatic carbocycles. The number of piperidine rings is 1. The third kappa shape index (κ3) is 5.40. The van der Waals surface area contributed by atoms with Crippen LogP contribution in [-0.2, 0) is 14.6 Å². The minimum absolute atomic E-state index is 0.0725. The highest BCUT2D eigenvalue weighted by Crippen LogP contribution is 2.46. The van der Waals surface area contributed by atoms with Crippen LogP contribution in [0.25, 0.3) is 0 Å². The Labute approximate surface area is 121 Å². The standard InChI is InChI=1S/C14H26N2O3S/c1-20(18,19)11-14(6-7-14)10-16-13(17)3-2-12-4-8-15-9-5-12/h12,15H,2-11H2,1H3,(H,16,17). The first-order chi connectivity index (χ1) is 9.39. The zero-order valence-electron chi connectivity index (χ0n) is 12.3. The van der Waals surface area contributed by atoms with E-state index in [0.717, 1.165) is 45.2 Å². The number of hydrogen-bond acceptors (Lipinski definition) is 4. The Morgan fingerprint density at radius 1 is 1.30 bits per heavy atom. The lowest BCUT2D eigenvalue weighted by Gasteiger charge is -2.22. The van der Waals surface area contributed by atoms with E-state index in [1.807, 2.05) is 0 Å². The van der Waals surface area contributed by atoms with Crippen molar-refractivity contribution in [2.45, 2.75) is 38.5 Å². The van der Waals surface area contributed by atoms with Crippen LogP contribution in [0.1, 0.15) is 38.5 Å². The molecule has 1 saturated carbocycles. The molecule has 116 valence electrons. The highest BCUT2D eigenvalue weighted by Gasteiger charge is 2.45. The number of hydrogen-bond donors (Lipinski definition) is 2. The summed E-state index contributed by atoms with van der Waals surface area (Å²) in [4.78, 5) is 11.8. The van der Waals surface area contributed by atoms with E-state index < -0.39 is 9.84 Å². The normalized spacial score (nSPS) is 22.4. The Bertz CT molecular complexity index is 437. The van der Waals surface area contributed by atoms with E-state index >= 15 is 0 Å². The summed E-state index contributed by atoms with van der Waals surface area (Å²) in [6.07, 6.45) is 6.93. The van der Waals surface area contributed by atoms with Crippen molar-refractivity contribution in [1.29, 1.82) is 0 Å². The van der Waals surface area contributed by atoms with Gasteiger partial charge < -0.3 is 10.6 Å². The number of carbonyl (C=O) groups is 1. The van der Waals surface area contributed by atoms with Gasteiger partial charge in [-0.3, -0.25) is 4.79 Å². The van der Waals surface area contributed by atoms with Crippen LogP contribution in [0.2, 0.25) is 0 Å². The van der Waals surface area contributed by atoms with Gasteiger partial charge in [0, 0.05) is 24.6 Å². The molecule has 0 atom stereocenters. The topological polar surface area (TPSA) is 75.3 Å². The molecule has 1 amide bonds. The zero-order valence-corrected chi connectivity index (χ0v) is 13.1. The second-order valence-electron chi connectivity index (χ2n) is 6.58. The van der Waals surface area contributed by atoms with E-state index in [2.05, 4.69) is 10.6 Å². The van der Waals surface area contributed by atoms with E-state index in [1.54, 1.807) is 0 Å². The maximum absolute atomic E-state index is 11.8. The molecule has 2 fully saturated rings. The van der Waals surface area contributed by atoms with Gasteiger partial charge in [0.2, 0.25) is 5.91 Å². The largest absolute Gasteiger partial charge is 0.356 e. The minimum atomic E-state index is -2.95. The molecule has 6 heteroatoms. The molecular weight excluding hydrogens is 276 g/mol. The average Bonchev–Trinajstić information content (AvgIpc) is 3.13. The summed E-state index contributed by atoms with van der Waals surface area (Å²) in [5, 5.41) is 6.25. The van der Waals surface area contributed by atoms with Crippen LogP contribution in [0.3, 0.4) is 0 Å². The van der Waals surface area contributed by atoms with Gasteiger partial charge in [-0.05, 0) is 51.1 Å².